The number of hydrogen-bond acceptors (Lipinski definition) is 17. The summed E-state index contributed by atoms with van der Waals surface area (Å²) in [5.74, 6) is -0.958. The van der Waals surface area contributed by atoms with Gasteiger partial charge >= 0.3 is 114 Å². The summed E-state index contributed by atoms with van der Waals surface area (Å²) >= 11 is 5.32. The fourth-order valence-corrected chi connectivity index (χ4v) is 1.77. The SMILES string of the molecule is C.CC(=O)CO.CC(=O)COc1ncc([N+](=O)[O-])cc1[N+](=O)[O-].O=CO[O-].O=[N+]([O-])c1cnc(Cl)c([N+](=O)[O-])c1.[H-].[K+].[K+]. The molecule has 0 radical (unpaired) electrons. The molecule has 0 aliphatic heterocycles. The number of rotatable bonds is 9. The molecule has 0 saturated carbocycles. The van der Waals surface area contributed by atoms with E-state index in [1.165, 1.54) is 13.8 Å². The van der Waals surface area contributed by atoms with Gasteiger partial charge in [0.2, 0.25) is 5.15 Å². The van der Waals surface area contributed by atoms with Gasteiger partial charge in [-0.3, -0.25) is 54.8 Å². The van der Waals surface area contributed by atoms with Crippen LogP contribution in [0, 0.1) is 40.5 Å². The summed E-state index contributed by atoms with van der Waals surface area (Å²) in [5.41, 5.74) is -2.21. The van der Waals surface area contributed by atoms with Crippen LogP contribution in [0.1, 0.15) is 22.7 Å². The maximum Gasteiger partial charge on any atom is 1.00 e. The predicted molar refractivity (Wildman–Crippen MR) is 129 cm³/mol. The van der Waals surface area contributed by atoms with Crippen LogP contribution in [-0.4, -0.2) is 66.0 Å². The fourth-order valence-electron chi connectivity index (χ4n) is 1.60. The minimum Gasteiger partial charge on any atom is -1.00 e. The maximum atomic E-state index is 10.6. The molecule has 2 rings (SSSR count). The number of Topliss-reactive ketones (excluding diaryl/α,β-unsaturated/α-hetero) is 2. The Bertz CT molecular complexity index is 1230. The van der Waals surface area contributed by atoms with E-state index < -0.39 is 48.3 Å². The molecule has 0 fully saturated rings. The summed E-state index contributed by atoms with van der Waals surface area (Å²) in [6.07, 6.45) is 1.68. The van der Waals surface area contributed by atoms with Crippen molar-refractivity contribution in [1.82, 2.24) is 9.97 Å². The second-order valence-corrected chi connectivity index (χ2v) is 6.45. The van der Waals surface area contributed by atoms with E-state index in [1.807, 2.05) is 0 Å². The number of ether oxygens (including phenoxy) is 1. The second kappa shape index (κ2) is 27.8. The fraction of sp³-hybridized carbons (Fsp3) is 0.278. The third-order valence-electron chi connectivity index (χ3n) is 3.11. The number of nitro groups is 4. The minimum absolute atomic E-state index is 0. The van der Waals surface area contributed by atoms with Crippen LogP contribution in [0.4, 0.5) is 22.7 Å². The Morgan fingerprint density at radius 2 is 1.29 bits per heavy atom. The molecule has 0 aliphatic carbocycles. The summed E-state index contributed by atoms with van der Waals surface area (Å²) in [5, 5.41) is 57.3. The van der Waals surface area contributed by atoms with Gasteiger partial charge in [0, 0.05) is 0 Å². The summed E-state index contributed by atoms with van der Waals surface area (Å²) in [4.78, 5) is 76.4. The van der Waals surface area contributed by atoms with Crippen molar-refractivity contribution < 1.29 is 158 Å². The van der Waals surface area contributed by atoms with Crippen molar-refractivity contribution in [2.24, 2.45) is 0 Å². The first-order valence-electron chi connectivity index (χ1n) is 9.30. The van der Waals surface area contributed by atoms with Crippen molar-refractivity contribution >= 4 is 52.4 Å². The third-order valence-corrected chi connectivity index (χ3v) is 3.40. The van der Waals surface area contributed by atoms with Crippen LogP contribution in [0.5, 0.6) is 5.88 Å². The van der Waals surface area contributed by atoms with Gasteiger partial charge in [0.1, 0.15) is 31.7 Å². The van der Waals surface area contributed by atoms with Crippen LogP contribution in [0.2, 0.25) is 5.15 Å². The predicted octanol–water partition coefficient (Wildman–Crippen LogP) is -4.82. The van der Waals surface area contributed by atoms with Gasteiger partial charge in [0.15, 0.2) is 11.6 Å². The standard InChI is InChI=1S/C8H7N3O6.C5H2ClN3O4.C3H6O2.CH2O3.CH4.2K.H/c1-5(12)4-17-8-7(11(15)16)2-6(3-9-8)10(13)14;6-5-4(9(12)13)1-3(2-7-5)8(10)11;1-3(5)2-4;2-1-4-3;;;;/h2-3H,4H2,1H3;1-2H;4H,2H2,1H3;1,3H;1H4;;;/q;;;;;2*+1;-1/p-1. The van der Waals surface area contributed by atoms with Gasteiger partial charge in [-0.2, -0.15) is 0 Å². The molecule has 0 aromatic carbocycles. The van der Waals surface area contributed by atoms with E-state index in [0.29, 0.717) is 0 Å². The van der Waals surface area contributed by atoms with Crippen LogP contribution >= 0.6 is 11.6 Å². The van der Waals surface area contributed by atoms with E-state index in [-0.39, 0.29) is 148 Å². The summed E-state index contributed by atoms with van der Waals surface area (Å²) in [7, 11) is 0. The zero-order valence-electron chi connectivity index (χ0n) is 22.5. The number of carbonyl (C=O) groups is 3. The Hall–Kier alpha value is -2.01. The molecule has 0 saturated heterocycles. The van der Waals surface area contributed by atoms with E-state index >= 15 is 0 Å². The van der Waals surface area contributed by atoms with E-state index in [1.54, 1.807) is 0 Å². The van der Waals surface area contributed by atoms with Gasteiger partial charge in [-0.1, -0.05) is 19.0 Å². The first-order chi connectivity index (χ1) is 18.1. The molecule has 0 bridgehead atoms. The summed E-state index contributed by atoms with van der Waals surface area (Å²) < 4.78 is 4.77. The van der Waals surface area contributed by atoms with Gasteiger partial charge in [0.25, 0.3) is 23.7 Å². The second-order valence-electron chi connectivity index (χ2n) is 6.09. The van der Waals surface area contributed by atoms with Gasteiger partial charge < -0.3 is 21.4 Å². The number of hydrogen-bond donors (Lipinski definition) is 1. The first kappa shape index (κ1) is 49.7. The van der Waals surface area contributed by atoms with E-state index in [2.05, 4.69) is 14.9 Å². The number of aliphatic hydroxyl groups is 1. The Morgan fingerprint density at radius 1 is 0.905 bits per heavy atom. The monoisotopic (exact) mass is 674 g/mol. The topological polar surface area (TPSA) is 311 Å². The third kappa shape index (κ3) is 22.6. The van der Waals surface area contributed by atoms with Crippen molar-refractivity contribution in [3.05, 3.63) is 70.1 Å². The molecule has 1 N–H and O–H groups in total. The maximum absolute atomic E-state index is 10.6. The first-order valence-corrected chi connectivity index (χ1v) is 9.68. The molecule has 0 atom stereocenters. The van der Waals surface area contributed by atoms with E-state index in [0.717, 1.165) is 24.5 Å². The minimum atomic E-state index is -0.866. The molecule has 42 heavy (non-hydrogen) atoms. The molecular weight excluding hydrogens is 654 g/mol. The van der Waals surface area contributed by atoms with Crippen LogP contribution in [-0.2, 0) is 19.3 Å². The van der Waals surface area contributed by atoms with Gasteiger partial charge in [-0.05, 0) is 13.8 Å². The van der Waals surface area contributed by atoms with E-state index in [9.17, 15) is 50.0 Å². The average Bonchev–Trinajstić information content (AvgIpc) is 2.87. The number of aliphatic hydroxyl groups excluding tert-OH is 1. The van der Waals surface area contributed by atoms with Gasteiger partial charge in [-0.25, -0.2) is 9.97 Å². The molecule has 0 spiro atoms. The number of pyridine rings is 2. The number of carbonyl (C=O) groups excluding carboxylic acids is 3. The average molecular weight is 675 g/mol. The zero-order chi connectivity index (χ0) is 30.7. The quantitative estimate of drug-likeness (QED) is 0.0651. The molecule has 222 valence electrons. The van der Waals surface area contributed by atoms with Crippen LogP contribution in [0.3, 0.4) is 0 Å². The van der Waals surface area contributed by atoms with Gasteiger partial charge in [0.05, 0.1) is 25.8 Å². The molecule has 0 unspecified atom stereocenters. The van der Waals surface area contributed by atoms with Gasteiger partial charge in [-0.15, -0.1) is 0 Å². The van der Waals surface area contributed by atoms with Crippen LogP contribution < -0.4 is 113 Å². The van der Waals surface area contributed by atoms with Crippen LogP contribution in [0.15, 0.2) is 24.5 Å². The Balaban J connectivity index is -0.000000117. The number of halogens is 1. The number of ketones is 2. The molecule has 0 aliphatic rings. The van der Waals surface area contributed by atoms with Crippen molar-refractivity contribution in [2.45, 2.75) is 21.3 Å². The van der Waals surface area contributed by atoms with Crippen LogP contribution in [0.25, 0.3) is 0 Å². The van der Waals surface area contributed by atoms with Crippen molar-refractivity contribution in [3.8, 4) is 5.88 Å². The molecule has 2 heterocycles. The number of nitrogens with zero attached hydrogens (tertiary/aromatic N) is 6. The molecule has 0 amide bonds. The molecule has 2 aromatic rings. The molecular formula is C18H21ClK2N6O15. The van der Waals surface area contributed by atoms with E-state index in [4.69, 9.17) is 31.5 Å². The summed E-state index contributed by atoms with van der Waals surface area (Å²) in [6, 6.07) is 1.48. The van der Waals surface area contributed by atoms with Crippen molar-refractivity contribution in [1.29, 1.82) is 0 Å². The van der Waals surface area contributed by atoms with Crippen molar-refractivity contribution in [2.75, 3.05) is 13.2 Å². The zero-order valence-corrected chi connectivity index (χ0v) is 28.5. The molecule has 24 heteroatoms. The Labute approximate surface area is 326 Å². The summed E-state index contributed by atoms with van der Waals surface area (Å²) in [6.45, 7) is 1.67. The largest absolute Gasteiger partial charge is 1.00 e. The molecule has 21 nitrogen and oxygen atoms in total. The smallest absolute Gasteiger partial charge is 1.00 e. The molecule has 2 aromatic heterocycles. The Kier molecular flexibility index (Phi) is 32.9. The van der Waals surface area contributed by atoms with Crippen molar-refractivity contribution in [3.63, 3.8) is 0 Å². The Morgan fingerprint density at radius 3 is 1.60 bits per heavy atom. The number of aromatic nitrogens is 2. The normalized spacial score (nSPS) is 8.31.